The average Bonchev–Trinajstić information content (AvgIpc) is 2.03. The Morgan fingerprint density at radius 3 is 2.85 bits per heavy atom. The van der Waals surface area contributed by atoms with Crippen molar-refractivity contribution in [3.63, 3.8) is 0 Å². The number of anilines is 1. The van der Waals surface area contributed by atoms with Crippen LogP contribution in [0.15, 0.2) is 24.3 Å². The van der Waals surface area contributed by atoms with E-state index >= 15 is 0 Å². The molecule has 0 saturated carbocycles. The van der Waals surface area contributed by atoms with E-state index in [1.165, 1.54) is 5.56 Å². The summed E-state index contributed by atoms with van der Waals surface area (Å²) in [5.74, 6) is 0.962. The van der Waals surface area contributed by atoms with Crippen LogP contribution in [0.5, 0.6) is 0 Å². The van der Waals surface area contributed by atoms with E-state index in [2.05, 4.69) is 24.6 Å². The minimum Gasteiger partial charge on any atom is -0.399 e. The van der Waals surface area contributed by atoms with Crippen molar-refractivity contribution in [1.29, 1.82) is 0 Å². The lowest BCUT2D eigenvalue weighted by Crippen LogP contribution is -2.14. The molecule has 0 aliphatic heterocycles. The standard InChI is InChI=1S/C10H16N2S/c1-8(2)12-13-7-9-4-3-5-10(11)6-9/h3-6,8,12H,7,11H2,1-2H3. The molecule has 0 amide bonds. The van der Waals surface area contributed by atoms with E-state index in [0.717, 1.165) is 11.4 Å². The van der Waals surface area contributed by atoms with Gasteiger partial charge in [-0.15, -0.1) is 0 Å². The van der Waals surface area contributed by atoms with E-state index in [4.69, 9.17) is 5.73 Å². The summed E-state index contributed by atoms with van der Waals surface area (Å²) in [6, 6.07) is 8.51. The Bertz CT molecular complexity index is 261. The maximum Gasteiger partial charge on any atom is 0.0331 e. The minimum absolute atomic E-state index is 0.519. The summed E-state index contributed by atoms with van der Waals surface area (Å²) in [6.07, 6.45) is 0. The second kappa shape index (κ2) is 5.14. The molecule has 3 heteroatoms. The number of hydrogen-bond donors (Lipinski definition) is 2. The van der Waals surface area contributed by atoms with Gasteiger partial charge >= 0.3 is 0 Å². The molecule has 0 aliphatic carbocycles. The van der Waals surface area contributed by atoms with Gasteiger partial charge in [0.05, 0.1) is 0 Å². The van der Waals surface area contributed by atoms with E-state index in [1.54, 1.807) is 11.9 Å². The molecule has 72 valence electrons. The van der Waals surface area contributed by atoms with E-state index in [-0.39, 0.29) is 0 Å². The van der Waals surface area contributed by atoms with Crippen LogP contribution in [0.2, 0.25) is 0 Å². The van der Waals surface area contributed by atoms with Gasteiger partial charge in [-0.3, -0.25) is 4.72 Å². The summed E-state index contributed by atoms with van der Waals surface area (Å²) < 4.78 is 3.29. The molecule has 0 spiro atoms. The first-order valence-corrected chi connectivity index (χ1v) is 5.39. The first-order valence-electron chi connectivity index (χ1n) is 4.40. The Kier molecular flexibility index (Phi) is 4.12. The third-order valence-electron chi connectivity index (χ3n) is 1.51. The van der Waals surface area contributed by atoms with Crippen molar-refractivity contribution in [3.8, 4) is 0 Å². The van der Waals surface area contributed by atoms with Crippen molar-refractivity contribution in [2.45, 2.75) is 25.6 Å². The number of nitrogens with one attached hydrogen (secondary N) is 1. The van der Waals surface area contributed by atoms with Gasteiger partial charge < -0.3 is 5.73 Å². The fourth-order valence-electron chi connectivity index (χ4n) is 0.975. The molecule has 0 radical (unpaired) electrons. The molecule has 0 bridgehead atoms. The van der Waals surface area contributed by atoms with Crippen molar-refractivity contribution in [2.75, 3.05) is 5.73 Å². The van der Waals surface area contributed by atoms with Crippen molar-refractivity contribution < 1.29 is 0 Å². The fourth-order valence-corrected chi connectivity index (χ4v) is 1.74. The second-order valence-electron chi connectivity index (χ2n) is 3.31. The van der Waals surface area contributed by atoms with Gasteiger partial charge in [-0.05, 0) is 31.5 Å². The van der Waals surface area contributed by atoms with Crippen molar-refractivity contribution in [1.82, 2.24) is 4.72 Å². The summed E-state index contributed by atoms with van der Waals surface area (Å²) in [5.41, 5.74) is 7.76. The van der Waals surface area contributed by atoms with Gasteiger partial charge in [-0.2, -0.15) is 0 Å². The van der Waals surface area contributed by atoms with Gasteiger partial charge in [0.1, 0.15) is 0 Å². The zero-order valence-corrected chi connectivity index (χ0v) is 8.90. The largest absolute Gasteiger partial charge is 0.399 e. The molecule has 0 fully saturated rings. The third kappa shape index (κ3) is 4.20. The Morgan fingerprint density at radius 2 is 2.23 bits per heavy atom. The molecular weight excluding hydrogens is 180 g/mol. The Balaban J connectivity index is 2.37. The number of benzene rings is 1. The van der Waals surface area contributed by atoms with Crippen LogP contribution in [0, 0.1) is 0 Å². The van der Waals surface area contributed by atoms with Crippen molar-refractivity contribution in [3.05, 3.63) is 29.8 Å². The van der Waals surface area contributed by atoms with Crippen LogP contribution in [0.4, 0.5) is 5.69 Å². The molecule has 1 rings (SSSR count). The number of nitrogens with two attached hydrogens (primary N) is 1. The predicted octanol–water partition coefficient (Wildman–Crippen LogP) is 2.42. The van der Waals surface area contributed by atoms with Gasteiger partial charge in [0, 0.05) is 17.5 Å². The normalized spacial score (nSPS) is 10.7. The highest BCUT2D eigenvalue weighted by Crippen LogP contribution is 2.12. The summed E-state index contributed by atoms with van der Waals surface area (Å²) in [7, 11) is 0. The van der Waals surface area contributed by atoms with Crippen LogP contribution < -0.4 is 10.5 Å². The van der Waals surface area contributed by atoms with E-state index in [1.807, 2.05) is 18.2 Å². The topological polar surface area (TPSA) is 38.0 Å². The predicted molar refractivity (Wildman–Crippen MR) is 60.4 cm³/mol. The second-order valence-corrected chi connectivity index (χ2v) is 4.12. The fraction of sp³-hybridized carbons (Fsp3) is 0.400. The van der Waals surface area contributed by atoms with Gasteiger partial charge in [0.25, 0.3) is 0 Å². The lowest BCUT2D eigenvalue weighted by atomic mass is 10.2. The molecule has 1 aromatic rings. The summed E-state index contributed by atoms with van der Waals surface area (Å²) in [4.78, 5) is 0. The maximum atomic E-state index is 5.66. The molecule has 1 aromatic carbocycles. The molecule has 0 aromatic heterocycles. The molecule has 0 aliphatic rings. The zero-order valence-electron chi connectivity index (χ0n) is 8.08. The first kappa shape index (κ1) is 10.4. The number of nitrogen functional groups attached to an aromatic ring is 1. The van der Waals surface area contributed by atoms with Crippen LogP contribution in [-0.2, 0) is 5.75 Å². The zero-order chi connectivity index (χ0) is 9.68. The molecule has 2 nitrogen and oxygen atoms in total. The van der Waals surface area contributed by atoms with Crippen LogP contribution >= 0.6 is 11.9 Å². The van der Waals surface area contributed by atoms with Gasteiger partial charge in [0.15, 0.2) is 0 Å². The van der Waals surface area contributed by atoms with Crippen LogP contribution in [0.3, 0.4) is 0 Å². The van der Waals surface area contributed by atoms with Crippen LogP contribution in [0.1, 0.15) is 19.4 Å². The molecule has 3 N–H and O–H groups in total. The van der Waals surface area contributed by atoms with Crippen molar-refractivity contribution in [2.24, 2.45) is 0 Å². The van der Waals surface area contributed by atoms with Gasteiger partial charge in [-0.1, -0.05) is 24.1 Å². The Hall–Kier alpha value is -0.670. The van der Waals surface area contributed by atoms with Gasteiger partial charge in [-0.25, -0.2) is 0 Å². The monoisotopic (exact) mass is 196 g/mol. The van der Waals surface area contributed by atoms with Crippen LogP contribution in [-0.4, -0.2) is 6.04 Å². The smallest absolute Gasteiger partial charge is 0.0331 e. The Labute approximate surface area is 84.0 Å². The third-order valence-corrected chi connectivity index (χ3v) is 2.62. The molecule has 0 saturated heterocycles. The summed E-state index contributed by atoms with van der Waals surface area (Å²) in [5, 5.41) is 0. The van der Waals surface area contributed by atoms with Crippen molar-refractivity contribution >= 4 is 17.6 Å². The molecular formula is C10H16N2S. The minimum atomic E-state index is 0.519. The first-order chi connectivity index (χ1) is 6.18. The average molecular weight is 196 g/mol. The lowest BCUT2D eigenvalue weighted by molar-refractivity contribution is 0.770. The van der Waals surface area contributed by atoms with E-state index in [0.29, 0.717) is 6.04 Å². The molecule has 0 unspecified atom stereocenters. The van der Waals surface area contributed by atoms with E-state index < -0.39 is 0 Å². The number of hydrogen-bond acceptors (Lipinski definition) is 3. The SMILES string of the molecule is CC(C)NSCc1cccc(N)c1. The highest BCUT2D eigenvalue weighted by Gasteiger charge is 1.95. The maximum absolute atomic E-state index is 5.66. The summed E-state index contributed by atoms with van der Waals surface area (Å²) >= 11 is 1.72. The lowest BCUT2D eigenvalue weighted by Gasteiger charge is -2.07. The quantitative estimate of drug-likeness (QED) is 0.573. The number of rotatable bonds is 4. The van der Waals surface area contributed by atoms with Crippen LogP contribution in [0.25, 0.3) is 0 Å². The van der Waals surface area contributed by atoms with E-state index in [9.17, 15) is 0 Å². The molecule has 0 heterocycles. The molecule has 0 atom stereocenters. The summed E-state index contributed by atoms with van der Waals surface area (Å²) in [6.45, 7) is 4.26. The van der Waals surface area contributed by atoms with Gasteiger partial charge in [0.2, 0.25) is 0 Å². The highest BCUT2D eigenvalue weighted by molar-refractivity contribution is 7.96. The highest BCUT2D eigenvalue weighted by atomic mass is 32.2. The molecule has 13 heavy (non-hydrogen) atoms. The Morgan fingerprint density at radius 1 is 1.46 bits per heavy atom.